The lowest BCUT2D eigenvalue weighted by Gasteiger charge is -2.13. The number of aliphatic hydroxyl groups excluding tert-OH is 1. The summed E-state index contributed by atoms with van der Waals surface area (Å²) in [5.41, 5.74) is 0. The molecular weight excluding hydrogens is 256 g/mol. The molecule has 114 valence electrons. The van der Waals surface area contributed by atoms with Crippen LogP contribution >= 0.6 is 0 Å². The van der Waals surface area contributed by atoms with Crippen molar-refractivity contribution in [2.75, 3.05) is 37.4 Å². The molecule has 0 aliphatic carbocycles. The highest BCUT2D eigenvalue weighted by Crippen LogP contribution is 2.12. The molecule has 0 fully saturated rings. The van der Waals surface area contributed by atoms with E-state index in [1.807, 2.05) is 6.07 Å². The highest BCUT2D eigenvalue weighted by atomic mass is 16.5. The van der Waals surface area contributed by atoms with Crippen LogP contribution in [0.5, 0.6) is 0 Å². The van der Waals surface area contributed by atoms with Crippen LogP contribution in [0.4, 0.5) is 11.6 Å². The molecule has 3 N–H and O–H groups in total. The van der Waals surface area contributed by atoms with Crippen LogP contribution < -0.4 is 10.6 Å². The van der Waals surface area contributed by atoms with Crippen LogP contribution in [0.1, 0.15) is 32.5 Å². The van der Waals surface area contributed by atoms with Crippen LogP contribution in [0.3, 0.4) is 0 Å². The van der Waals surface area contributed by atoms with E-state index in [9.17, 15) is 5.11 Å². The summed E-state index contributed by atoms with van der Waals surface area (Å²) in [5.74, 6) is 2.38. The molecule has 0 aromatic carbocycles. The second-order valence-corrected chi connectivity index (χ2v) is 4.72. The number of rotatable bonds is 10. The topological polar surface area (TPSA) is 79.3 Å². The molecule has 0 aliphatic heterocycles. The molecule has 0 saturated carbocycles. The number of hydrogen-bond donors (Lipinski definition) is 3. The summed E-state index contributed by atoms with van der Waals surface area (Å²) >= 11 is 0. The van der Waals surface area contributed by atoms with E-state index in [4.69, 9.17) is 4.74 Å². The van der Waals surface area contributed by atoms with Crippen molar-refractivity contribution in [1.29, 1.82) is 0 Å². The first-order valence-electron chi connectivity index (χ1n) is 7.22. The van der Waals surface area contributed by atoms with Gasteiger partial charge < -0.3 is 20.5 Å². The van der Waals surface area contributed by atoms with Crippen LogP contribution in [0.25, 0.3) is 0 Å². The summed E-state index contributed by atoms with van der Waals surface area (Å²) in [7, 11) is 1.57. The van der Waals surface area contributed by atoms with Gasteiger partial charge in [-0.3, -0.25) is 0 Å². The summed E-state index contributed by atoms with van der Waals surface area (Å²) in [4.78, 5) is 8.92. The van der Waals surface area contributed by atoms with E-state index in [2.05, 4.69) is 34.4 Å². The van der Waals surface area contributed by atoms with E-state index >= 15 is 0 Å². The molecule has 6 heteroatoms. The van der Waals surface area contributed by atoms with E-state index in [0.717, 1.165) is 43.3 Å². The molecule has 1 aromatic rings. The van der Waals surface area contributed by atoms with Gasteiger partial charge in [0.25, 0.3) is 0 Å². The van der Waals surface area contributed by atoms with Gasteiger partial charge in [-0.15, -0.1) is 0 Å². The monoisotopic (exact) mass is 282 g/mol. The largest absolute Gasteiger partial charge is 0.389 e. The maximum absolute atomic E-state index is 9.65. The molecule has 0 radical (unpaired) electrons. The second kappa shape index (κ2) is 9.50. The summed E-state index contributed by atoms with van der Waals surface area (Å²) in [6.45, 7) is 5.81. The lowest BCUT2D eigenvalue weighted by molar-refractivity contribution is 0.0727. The Morgan fingerprint density at radius 1 is 1.20 bits per heavy atom. The van der Waals surface area contributed by atoms with Crippen molar-refractivity contribution in [2.45, 2.75) is 39.2 Å². The Kier molecular flexibility index (Phi) is 7.91. The van der Waals surface area contributed by atoms with Crippen molar-refractivity contribution in [3.63, 3.8) is 0 Å². The van der Waals surface area contributed by atoms with Gasteiger partial charge in [0.1, 0.15) is 17.5 Å². The van der Waals surface area contributed by atoms with Gasteiger partial charge in [-0.05, 0) is 12.8 Å². The fraction of sp³-hybridized carbons (Fsp3) is 0.714. The molecule has 0 spiro atoms. The molecule has 0 saturated heterocycles. The summed E-state index contributed by atoms with van der Waals surface area (Å²) in [6, 6.07) is 1.87. The van der Waals surface area contributed by atoms with Crippen LogP contribution in [0.15, 0.2) is 6.07 Å². The molecule has 1 aromatic heterocycles. The molecule has 1 unspecified atom stereocenters. The minimum absolute atomic E-state index is 0.306. The molecule has 0 aliphatic rings. The van der Waals surface area contributed by atoms with Crippen LogP contribution in [0, 0.1) is 0 Å². The third kappa shape index (κ3) is 6.16. The number of aliphatic hydroxyl groups is 1. The number of hydrogen-bond acceptors (Lipinski definition) is 6. The molecule has 20 heavy (non-hydrogen) atoms. The summed E-state index contributed by atoms with van der Waals surface area (Å²) < 4.78 is 4.90. The summed E-state index contributed by atoms with van der Waals surface area (Å²) in [6.07, 6.45) is 2.35. The number of aryl methyl sites for hydroxylation is 1. The lowest BCUT2D eigenvalue weighted by atomic mass is 10.3. The molecule has 6 nitrogen and oxygen atoms in total. The van der Waals surface area contributed by atoms with Crippen molar-refractivity contribution in [3.05, 3.63) is 11.9 Å². The van der Waals surface area contributed by atoms with E-state index in [0.29, 0.717) is 13.2 Å². The van der Waals surface area contributed by atoms with Gasteiger partial charge in [0.2, 0.25) is 0 Å². The maximum Gasteiger partial charge on any atom is 0.133 e. The zero-order chi connectivity index (χ0) is 14.8. The number of nitrogens with zero attached hydrogens (tertiary/aromatic N) is 2. The van der Waals surface area contributed by atoms with Crippen molar-refractivity contribution >= 4 is 11.6 Å². The number of aromatic nitrogens is 2. The normalized spacial score (nSPS) is 12.2. The Labute approximate surface area is 121 Å². The molecule has 1 rings (SSSR count). The predicted octanol–water partition coefficient (Wildman–Crippen LogP) is 1.67. The Morgan fingerprint density at radius 2 is 1.90 bits per heavy atom. The minimum Gasteiger partial charge on any atom is -0.389 e. The Balaban J connectivity index is 2.69. The highest BCUT2D eigenvalue weighted by Gasteiger charge is 2.07. The average molecular weight is 282 g/mol. The summed E-state index contributed by atoms with van der Waals surface area (Å²) in [5, 5.41) is 16.0. The second-order valence-electron chi connectivity index (χ2n) is 4.72. The van der Waals surface area contributed by atoms with E-state index < -0.39 is 6.10 Å². The minimum atomic E-state index is -0.545. The number of anilines is 2. The van der Waals surface area contributed by atoms with Gasteiger partial charge >= 0.3 is 0 Å². The van der Waals surface area contributed by atoms with Gasteiger partial charge in [0, 0.05) is 32.7 Å². The van der Waals surface area contributed by atoms with Crippen LogP contribution in [0.2, 0.25) is 0 Å². The molecule has 1 atom stereocenters. The zero-order valence-corrected chi connectivity index (χ0v) is 12.6. The first-order valence-corrected chi connectivity index (χ1v) is 7.22. The van der Waals surface area contributed by atoms with Crippen LogP contribution in [-0.4, -0.2) is 48.0 Å². The average Bonchev–Trinajstić information content (AvgIpc) is 2.43. The van der Waals surface area contributed by atoms with E-state index in [1.165, 1.54) is 0 Å². The lowest BCUT2D eigenvalue weighted by Crippen LogP contribution is -2.24. The highest BCUT2D eigenvalue weighted by molar-refractivity contribution is 5.47. The smallest absolute Gasteiger partial charge is 0.133 e. The Hall–Kier alpha value is -1.40. The quantitative estimate of drug-likeness (QED) is 0.606. The fourth-order valence-electron chi connectivity index (χ4n) is 1.74. The molecule has 0 bridgehead atoms. The zero-order valence-electron chi connectivity index (χ0n) is 12.6. The number of methoxy groups -OCH3 is 1. The van der Waals surface area contributed by atoms with E-state index in [1.54, 1.807) is 7.11 Å². The van der Waals surface area contributed by atoms with Gasteiger partial charge in [0.05, 0.1) is 12.7 Å². The van der Waals surface area contributed by atoms with Gasteiger partial charge in [-0.1, -0.05) is 13.8 Å². The molecule has 1 heterocycles. The first kappa shape index (κ1) is 16.7. The van der Waals surface area contributed by atoms with Crippen molar-refractivity contribution in [1.82, 2.24) is 9.97 Å². The van der Waals surface area contributed by atoms with Crippen LogP contribution in [-0.2, 0) is 11.2 Å². The standard InChI is InChI=1S/C14H26N4O2/c1-4-6-12-17-13(15-7-5-2)8-14(18-12)16-9-11(19)10-20-3/h8,11,19H,4-7,9-10H2,1-3H3,(H2,15,16,17,18). The van der Waals surface area contributed by atoms with Gasteiger partial charge in [0.15, 0.2) is 0 Å². The van der Waals surface area contributed by atoms with Crippen molar-refractivity contribution in [3.8, 4) is 0 Å². The third-order valence-corrected chi connectivity index (χ3v) is 2.68. The Morgan fingerprint density at radius 3 is 2.50 bits per heavy atom. The van der Waals surface area contributed by atoms with Crippen molar-refractivity contribution < 1.29 is 9.84 Å². The van der Waals surface area contributed by atoms with Gasteiger partial charge in [-0.25, -0.2) is 9.97 Å². The SMILES string of the molecule is CCCNc1cc(NCC(O)COC)nc(CCC)n1. The predicted molar refractivity (Wildman–Crippen MR) is 81.2 cm³/mol. The maximum atomic E-state index is 9.65. The van der Waals surface area contributed by atoms with E-state index in [-0.39, 0.29) is 0 Å². The van der Waals surface area contributed by atoms with Gasteiger partial charge in [-0.2, -0.15) is 0 Å². The number of ether oxygens (including phenoxy) is 1. The molecule has 0 amide bonds. The number of nitrogens with one attached hydrogen (secondary N) is 2. The fourth-order valence-corrected chi connectivity index (χ4v) is 1.74. The van der Waals surface area contributed by atoms with Crippen molar-refractivity contribution in [2.24, 2.45) is 0 Å². The molecular formula is C14H26N4O2. The first-order chi connectivity index (χ1) is 9.69. The Bertz CT molecular complexity index is 387. The third-order valence-electron chi connectivity index (χ3n) is 2.68.